The van der Waals surface area contributed by atoms with Gasteiger partial charge in [0, 0.05) is 18.4 Å². The fourth-order valence-electron chi connectivity index (χ4n) is 1.99. The molecule has 0 saturated heterocycles. The minimum atomic E-state index is -0.728. The summed E-state index contributed by atoms with van der Waals surface area (Å²) in [4.78, 5) is 18.9. The number of carbonyl (C=O) groups is 1. The molecule has 2 unspecified atom stereocenters. The molecule has 0 bridgehead atoms. The monoisotopic (exact) mass is 207 g/mol. The summed E-state index contributed by atoms with van der Waals surface area (Å²) >= 11 is 0. The van der Waals surface area contributed by atoms with E-state index in [0.717, 1.165) is 19.3 Å². The maximum atomic E-state index is 10.9. The molecule has 1 heterocycles. The highest BCUT2D eigenvalue weighted by atomic mass is 16.4. The van der Waals surface area contributed by atoms with Crippen molar-refractivity contribution in [3.05, 3.63) is 18.6 Å². The number of aromatic nitrogens is 2. The molecule has 2 N–H and O–H groups in total. The minimum Gasteiger partial charge on any atom is -0.481 e. The zero-order valence-electron chi connectivity index (χ0n) is 8.26. The molecule has 5 heteroatoms. The van der Waals surface area contributed by atoms with Crippen LogP contribution in [0, 0.1) is 5.92 Å². The van der Waals surface area contributed by atoms with Gasteiger partial charge >= 0.3 is 5.97 Å². The smallest absolute Gasteiger partial charge is 0.308 e. The SMILES string of the molecule is O=C(O)C1CCCC1Nc1cnccn1. The topological polar surface area (TPSA) is 75.1 Å². The molecule has 5 nitrogen and oxygen atoms in total. The van der Waals surface area contributed by atoms with Crippen LogP contribution < -0.4 is 5.32 Å². The van der Waals surface area contributed by atoms with Crippen LogP contribution in [0.5, 0.6) is 0 Å². The second kappa shape index (κ2) is 4.25. The lowest BCUT2D eigenvalue weighted by Crippen LogP contribution is -2.30. The van der Waals surface area contributed by atoms with Crippen LogP contribution in [-0.4, -0.2) is 27.1 Å². The average molecular weight is 207 g/mol. The zero-order valence-corrected chi connectivity index (χ0v) is 8.26. The van der Waals surface area contributed by atoms with Crippen LogP contribution in [0.15, 0.2) is 18.6 Å². The van der Waals surface area contributed by atoms with Gasteiger partial charge in [0.1, 0.15) is 5.82 Å². The third-order valence-corrected chi connectivity index (χ3v) is 2.73. The predicted octanol–water partition coefficient (Wildman–Crippen LogP) is 1.14. The summed E-state index contributed by atoms with van der Waals surface area (Å²) in [5, 5.41) is 12.1. The van der Waals surface area contributed by atoms with E-state index in [2.05, 4.69) is 15.3 Å². The summed E-state index contributed by atoms with van der Waals surface area (Å²) in [6.45, 7) is 0. The molecular weight excluding hydrogens is 194 g/mol. The van der Waals surface area contributed by atoms with Crippen molar-refractivity contribution in [1.29, 1.82) is 0 Å². The van der Waals surface area contributed by atoms with Crippen LogP contribution >= 0.6 is 0 Å². The molecule has 15 heavy (non-hydrogen) atoms. The van der Waals surface area contributed by atoms with Crippen LogP contribution in [0.1, 0.15) is 19.3 Å². The maximum Gasteiger partial charge on any atom is 0.308 e. The van der Waals surface area contributed by atoms with Gasteiger partial charge in [0.25, 0.3) is 0 Å². The first-order valence-corrected chi connectivity index (χ1v) is 5.03. The molecule has 0 spiro atoms. The fraction of sp³-hybridized carbons (Fsp3) is 0.500. The van der Waals surface area contributed by atoms with Gasteiger partial charge in [0.05, 0.1) is 12.1 Å². The van der Waals surface area contributed by atoms with Crippen LogP contribution in [0.2, 0.25) is 0 Å². The number of hydrogen-bond acceptors (Lipinski definition) is 4. The molecule has 80 valence electrons. The number of hydrogen-bond donors (Lipinski definition) is 2. The molecule has 2 atom stereocenters. The number of nitrogens with zero attached hydrogens (tertiary/aromatic N) is 2. The van der Waals surface area contributed by atoms with Crippen molar-refractivity contribution in [2.75, 3.05) is 5.32 Å². The van der Waals surface area contributed by atoms with Crippen molar-refractivity contribution in [1.82, 2.24) is 9.97 Å². The highest BCUT2D eigenvalue weighted by molar-refractivity contribution is 5.72. The van der Waals surface area contributed by atoms with Gasteiger partial charge in [-0.1, -0.05) is 6.42 Å². The third-order valence-electron chi connectivity index (χ3n) is 2.73. The Morgan fingerprint density at radius 2 is 2.33 bits per heavy atom. The number of anilines is 1. The Morgan fingerprint density at radius 1 is 1.47 bits per heavy atom. The summed E-state index contributed by atoms with van der Waals surface area (Å²) in [7, 11) is 0. The average Bonchev–Trinajstić information content (AvgIpc) is 2.67. The van der Waals surface area contributed by atoms with Gasteiger partial charge in [-0.3, -0.25) is 9.78 Å². The van der Waals surface area contributed by atoms with E-state index in [-0.39, 0.29) is 12.0 Å². The maximum absolute atomic E-state index is 10.9. The molecule has 1 saturated carbocycles. The number of carboxylic acids is 1. The first kappa shape index (κ1) is 9.89. The van der Waals surface area contributed by atoms with Gasteiger partial charge in [-0.2, -0.15) is 0 Å². The van der Waals surface area contributed by atoms with E-state index in [1.54, 1.807) is 18.6 Å². The first-order valence-electron chi connectivity index (χ1n) is 5.03. The van der Waals surface area contributed by atoms with Gasteiger partial charge in [-0.05, 0) is 12.8 Å². The zero-order chi connectivity index (χ0) is 10.7. The Kier molecular flexibility index (Phi) is 2.80. The lowest BCUT2D eigenvalue weighted by atomic mass is 10.0. The van der Waals surface area contributed by atoms with Crippen LogP contribution in [0.25, 0.3) is 0 Å². The van der Waals surface area contributed by atoms with Crippen molar-refractivity contribution in [2.45, 2.75) is 25.3 Å². The minimum absolute atomic E-state index is 0.0146. The molecule has 0 radical (unpaired) electrons. The number of nitrogens with one attached hydrogen (secondary N) is 1. The molecule has 0 aliphatic heterocycles. The fourth-order valence-corrected chi connectivity index (χ4v) is 1.99. The Morgan fingerprint density at radius 3 is 3.00 bits per heavy atom. The van der Waals surface area contributed by atoms with Crippen molar-refractivity contribution >= 4 is 11.8 Å². The lowest BCUT2D eigenvalue weighted by molar-refractivity contribution is -0.141. The Hall–Kier alpha value is -1.65. The Balaban J connectivity index is 2.03. The van der Waals surface area contributed by atoms with E-state index in [9.17, 15) is 4.79 Å². The van der Waals surface area contributed by atoms with Crippen LogP contribution in [0.4, 0.5) is 5.82 Å². The van der Waals surface area contributed by atoms with Gasteiger partial charge in [0.15, 0.2) is 0 Å². The first-order chi connectivity index (χ1) is 7.27. The number of rotatable bonds is 3. The van der Waals surface area contributed by atoms with Gasteiger partial charge in [-0.25, -0.2) is 4.98 Å². The second-order valence-electron chi connectivity index (χ2n) is 3.72. The Bertz CT molecular complexity index is 342. The number of aliphatic carboxylic acids is 1. The van der Waals surface area contributed by atoms with E-state index >= 15 is 0 Å². The summed E-state index contributed by atoms with van der Waals surface area (Å²) in [5.74, 6) is -0.378. The summed E-state index contributed by atoms with van der Waals surface area (Å²) in [5.41, 5.74) is 0. The molecule has 1 aliphatic carbocycles. The molecule has 2 rings (SSSR count). The lowest BCUT2D eigenvalue weighted by Gasteiger charge is -2.17. The van der Waals surface area contributed by atoms with Gasteiger partial charge < -0.3 is 10.4 Å². The van der Waals surface area contributed by atoms with E-state index in [4.69, 9.17) is 5.11 Å². The van der Waals surface area contributed by atoms with Crippen molar-refractivity contribution in [3.8, 4) is 0 Å². The van der Waals surface area contributed by atoms with Crippen LogP contribution in [0.3, 0.4) is 0 Å². The number of carboxylic acid groups (broad SMARTS) is 1. The van der Waals surface area contributed by atoms with Crippen molar-refractivity contribution in [3.63, 3.8) is 0 Å². The standard InChI is InChI=1S/C10H13N3O2/c14-10(15)7-2-1-3-8(7)13-9-6-11-4-5-12-9/h4-8H,1-3H2,(H,12,13)(H,14,15). The molecule has 0 amide bonds. The Labute approximate surface area is 87.6 Å². The van der Waals surface area contributed by atoms with E-state index in [1.165, 1.54) is 0 Å². The highest BCUT2D eigenvalue weighted by Crippen LogP contribution is 2.27. The highest BCUT2D eigenvalue weighted by Gasteiger charge is 2.32. The summed E-state index contributed by atoms with van der Waals surface area (Å²) in [6.07, 6.45) is 7.37. The van der Waals surface area contributed by atoms with E-state index < -0.39 is 5.97 Å². The second-order valence-corrected chi connectivity index (χ2v) is 3.72. The van der Waals surface area contributed by atoms with Gasteiger partial charge in [0.2, 0.25) is 0 Å². The van der Waals surface area contributed by atoms with E-state index in [1.807, 2.05) is 0 Å². The van der Waals surface area contributed by atoms with Gasteiger partial charge in [-0.15, -0.1) is 0 Å². The largest absolute Gasteiger partial charge is 0.481 e. The molecule has 1 fully saturated rings. The quantitative estimate of drug-likeness (QED) is 0.777. The summed E-state index contributed by atoms with van der Waals surface area (Å²) in [6, 6.07) is -0.0146. The summed E-state index contributed by atoms with van der Waals surface area (Å²) < 4.78 is 0. The predicted molar refractivity (Wildman–Crippen MR) is 54.4 cm³/mol. The molecule has 1 aromatic heterocycles. The molecular formula is C10H13N3O2. The molecule has 0 aromatic carbocycles. The van der Waals surface area contributed by atoms with Crippen molar-refractivity contribution in [2.24, 2.45) is 5.92 Å². The molecule has 1 aromatic rings. The van der Waals surface area contributed by atoms with Crippen LogP contribution in [-0.2, 0) is 4.79 Å². The normalized spacial score (nSPS) is 25.1. The molecule has 1 aliphatic rings. The van der Waals surface area contributed by atoms with Crippen molar-refractivity contribution < 1.29 is 9.90 Å². The third kappa shape index (κ3) is 2.23. The van der Waals surface area contributed by atoms with E-state index in [0.29, 0.717) is 5.82 Å².